The summed E-state index contributed by atoms with van der Waals surface area (Å²) in [5.41, 5.74) is 2.00. The number of fused-ring (bicyclic) bond motifs is 1. The molecule has 1 unspecified atom stereocenters. The molecule has 0 bridgehead atoms. The summed E-state index contributed by atoms with van der Waals surface area (Å²) >= 11 is 0. The van der Waals surface area contributed by atoms with Crippen molar-refractivity contribution in [2.45, 2.75) is 51.5 Å². The summed E-state index contributed by atoms with van der Waals surface area (Å²) in [7, 11) is 0. The van der Waals surface area contributed by atoms with E-state index in [1.807, 2.05) is 30.3 Å². The SMILES string of the molecule is CCC1CCCCN1CCCNC(=O)c1cnc2c(c1)CC(=O)/C(=C/c1ccccc1)O2. The third-order valence-corrected chi connectivity index (χ3v) is 6.25. The van der Waals surface area contributed by atoms with Gasteiger partial charge in [0.15, 0.2) is 5.76 Å². The van der Waals surface area contributed by atoms with Gasteiger partial charge in [-0.2, -0.15) is 0 Å². The smallest absolute Gasteiger partial charge is 0.252 e. The average molecular weight is 434 g/mol. The van der Waals surface area contributed by atoms with Crippen LogP contribution in [0.1, 0.15) is 60.5 Å². The first-order valence-corrected chi connectivity index (χ1v) is 11.6. The number of allylic oxidation sites excluding steroid dienone is 1. The molecule has 2 aliphatic heterocycles. The van der Waals surface area contributed by atoms with Crippen molar-refractivity contribution in [2.24, 2.45) is 0 Å². The molecule has 3 heterocycles. The largest absolute Gasteiger partial charge is 0.435 e. The van der Waals surface area contributed by atoms with E-state index in [0.717, 1.165) is 25.1 Å². The fraction of sp³-hybridized carbons (Fsp3) is 0.423. The number of rotatable bonds is 7. The minimum atomic E-state index is -0.163. The predicted molar refractivity (Wildman–Crippen MR) is 124 cm³/mol. The Labute approximate surface area is 189 Å². The van der Waals surface area contributed by atoms with Gasteiger partial charge in [-0.1, -0.05) is 43.7 Å². The van der Waals surface area contributed by atoms with Crippen molar-refractivity contribution in [1.82, 2.24) is 15.2 Å². The van der Waals surface area contributed by atoms with Crippen molar-refractivity contribution in [3.05, 3.63) is 65.0 Å². The minimum absolute atomic E-state index is 0.118. The Morgan fingerprint density at radius 1 is 1.28 bits per heavy atom. The number of aromatic nitrogens is 1. The summed E-state index contributed by atoms with van der Waals surface area (Å²) in [6.45, 7) is 5.06. The second-order valence-electron chi connectivity index (χ2n) is 8.51. The van der Waals surface area contributed by atoms with Gasteiger partial charge in [-0.25, -0.2) is 4.98 Å². The number of nitrogens with zero attached hydrogens (tertiary/aromatic N) is 2. The molecular weight excluding hydrogens is 402 g/mol. The minimum Gasteiger partial charge on any atom is -0.435 e. The molecule has 2 aliphatic rings. The van der Waals surface area contributed by atoms with Crippen molar-refractivity contribution in [3.8, 4) is 5.88 Å². The Balaban J connectivity index is 1.32. The lowest BCUT2D eigenvalue weighted by Crippen LogP contribution is -2.40. The van der Waals surface area contributed by atoms with Gasteiger partial charge >= 0.3 is 0 Å². The third kappa shape index (κ3) is 5.43. The van der Waals surface area contributed by atoms with Crippen LogP contribution < -0.4 is 10.1 Å². The molecule has 1 aromatic carbocycles. The molecular formula is C26H31N3O3. The number of nitrogens with one attached hydrogen (secondary N) is 1. The lowest BCUT2D eigenvalue weighted by atomic mass is 10.00. The zero-order valence-electron chi connectivity index (χ0n) is 18.7. The number of piperidine rings is 1. The van der Waals surface area contributed by atoms with Crippen LogP contribution in [0.15, 0.2) is 48.4 Å². The summed E-state index contributed by atoms with van der Waals surface area (Å²) in [5.74, 6) is 0.382. The van der Waals surface area contributed by atoms with E-state index in [-0.39, 0.29) is 23.9 Å². The van der Waals surface area contributed by atoms with E-state index < -0.39 is 0 Å². The van der Waals surface area contributed by atoms with Gasteiger partial charge in [-0.3, -0.25) is 9.59 Å². The van der Waals surface area contributed by atoms with E-state index in [1.165, 1.54) is 31.9 Å². The number of Topliss-reactive ketones (excluding diaryl/α,β-unsaturated/α-hetero) is 1. The summed E-state index contributed by atoms with van der Waals surface area (Å²) in [5, 5.41) is 2.99. The van der Waals surface area contributed by atoms with Gasteiger partial charge in [-0.05, 0) is 49.9 Å². The van der Waals surface area contributed by atoms with Crippen molar-refractivity contribution < 1.29 is 14.3 Å². The summed E-state index contributed by atoms with van der Waals surface area (Å²) in [6.07, 6.45) is 9.41. The van der Waals surface area contributed by atoms with E-state index >= 15 is 0 Å². The van der Waals surface area contributed by atoms with Gasteiger partial charge in [0, 0.05) is 37.3 Å². The molecule has 0 spiro atoms. The molecule has 1 saturated heterocycles. The Morgan fingerprint density at radius 3 is 2.94 bits per heavy atom. The lowest BCUT2D eigenvalue weighted by molar-refractivity contribution is -0.117. The zero-order valence-corrected chi connectivity index (χ0v) is 18.7. The van der Waals surface area contributed by atoms with E-state index in [4.69, 9.17) is 4.74 Å². The second kappa shape index (κ2) is 10.6. The van der Waals surface area contributed by atoms with Gasteiger partial charge in [0.25, 0.3) is 5.91 Å². The van der Waals surface area contributed by atoms with Crippen molar-refractivity contribution in [2.75, 3.05) is 19.6 Å². The topological polar surface area (TPSA) is 71.5 Å². The Kier molecular flexibility index (Phi) is 7.32. The second-order valence-corrected chi connectivity index (χ2v) is 8.51. The lowest BCUT2D eigenvalue weighted by Gasteiger charge is -2.35. The molecule has 6 nitrogen and oxygen atoms in total. The first kappa shape index (κ1) is 22.2. The van der Waals surface area contributed by atoms with Gasteiger partial charge in [0.2, 0.25) is 11.7 Å². The van der Waals surface area contributed by atoms with Crippen LogP contribution in [0.5, 0.6) is 5.88 Å². The number of ketones is 1. The maximum atomic E-state index is 12.6. The van der Waals surface area contributed by atoms with Crippen molar-refractivity contribution in [3.63, 3.8) is 0 Å². The first-order chi connectivity index (χ1) is 15.6. The van der Waals surface area contributed by atoms with Gasteiger partial charge in [0.1, 0.15) is 0 Å². The number of carbonyl (C=O) groups excluding carboxylic acids is 2. The number of benzene rings is 1. The summed E-state index contributed by atoms with van der Waals surface area (Å²) in [4.78, 5) is 32.0. The van der Waals surface area contributed by atoms with Gasteiger partial charge in [0.05, 0.1) is 5.56 Å². The molecule has 1 amide bonds. The molecule has 1 aromatic heterocycles. The van der Waals surface area contributed by atoms with Crippen LogP contribution >= 0.6 is 0 Å². The van der Waals surface area contributed by atoms with Gasteiger partial charge in [-0.15, -0.1) is 0 Å². The van der Waals surface area contributed by atoms with Crippen LogP contribution in [0.2, 0.25) is 0 Å². The standard InChI is InChI=1S/C26H31N3O3/c1-2-22-11-6-7-13-29(22)14-8-12-27-25(31)21-16-20-17-23(30)24(32-26(20)28-18-21)15-19-9-4-3-5-10-19/h3-5,9-10,15-16,18,22H,2,6-8,11-14,17H2,1H3,(H,27,31)/b24-15-. The van der Waals surface area contributed by atoms with Gasteiger partial charge < -0.3 is 15.0 Å². The normalized spacial score (nSPS) is 20.0. The van der Waals surface area contributed by atoms with Crippen molar-refractivity contribution in [1.29, 1.82) is 0 Å². The predicted octanol–water partition coefficient (Wildman–Crippen LogP) is 4.01. The number of likely N-dealkylation sites (tertiary alicyclic amines) is 1. The molecule has 1 N–H and O–H groups in total. The molecule has 2 aromatic rings. The fourth-order valence-electron chi connectivity index (χ4n) is 4.48. The third-order valence-electron chi connectivity index (χ3n) is 6.25. The Hall–Kier alpha value is -2.99. The van der Waals surface area contributed by atoms with E-state index in [2.05, 4.69) is 22.1 Å². The summed E-state index contributed by atoms with van der Waals surface area (Å²) in [6, 6.07) is 12.0. The number of hydrogen-bond donors (Lipinski definition) is 1. The molecule has 0 radical (unpaired) electrons. The molecule has 4 rings (SSSR count). The van der Waals surface area contributed by atoms with Crippen LogP contribution in [-0.4, -0.2) is 47.3 Å². The molecule has 32 heavy (non-hydrogen) atoms. The van der Waals surface area contributed by atoms with Crippen LogP contribution in [0.25, 0.3) is 6.08 Å². The quantitative estimate of drug-likeness (QED) is 0.528. The highest BCUT2D eigenvalue weighted by Gasteiger charge is 2.25. The number of ether oxygens (including phenoxy) is 1. The number of carbonyl (C=O) groups is 2. The van der Waals surface area contributed by atoms with Crippen LogP contribution in [0.4, 0.5) is 0 Å². The highest BCUT2D eigenvalue weighted by Crippen LogP contribution is 2.27. The molecule has 168 valence electrons. The highest BCUT2D eigenvalue weighted by molar-refractivity contribution is 6.01. The average Bonchev–Trinajstić information content (AvgIpc) is 2.82. The van der Waals surface area contributed by atoms with E-state index in [0.29, 0.717) is 29.6 Å². The van der Waals surface area contributed by atoms with Crippen LogP contribution in [0, 0.1) is 0 Å². The monoisotopic (exact) mass is 433 g/mol. The summed E-state index contributed by atoms with van der Waals surface area (Å²) < 4.78 is 5.73. The Bertz CT molecular complexity index is 987. The molecule has 0 saturated carbocycles. The molecule has 6 heteroatoms. The number of hydrogen-bond acceptors (Lipinski definition) is 5. The van der Waals surface area contributed by atoms with Crippen LogP contribution in [0.3, 0.4) is 0 Å². The molecule has 1 fully saturated rings. The Morgan fingerprint density at radius 2 is 2.12 bits per heavy atom. The highest BCUT2D eigenvalue weighted by atomic mass is 16.5. The van der Waals surface area contributed by atoms with Crippen LogP contribution in [-0.2, 0) is 11.2 Å². The zero-order chi connectivity index (χ0) is 22.3. The maximum Gasteiger partial charge on any atom is 0.252 e. The molecule has 1 atom stereocenters. The number of amides is 1. The van der Waals surface area contributed by atoms with E-state index in [9.17, 15) is 9.59 Å². The maximum absolute atomic E-state index is 12.6. The number of pyridine rings is 1. The fourth-order valence-corrected chi connectivity index (χ4v) is 4.48. The van der Waals surface area contributed by atoms with Crippen molar-refractivity contribution >= 4 is 17.8 Å². The first-order valence-electron chi connectivity index (χ1n) is 11.6. The molecule has 0 aliphatic carbocycles. The van der Waals surface area contributed by atoms with E-state index in [1.54, 1.807) is 12.1 Å².